The zero-order chi connectivity index (χ0) is 10.2. The molecule has 1 heterocycles. The molecular formula is C10H12FNO2. The maximum absolute atomic E-state index is 13.4. The second-order valence-corrected chi connectivity index (χ2v) is 3.48. The van der Waals surface area contributed by atoms with Gasteiger partial charge in [0.25, 0.3) is 0 Å². The summed E-state index contributed by atoms with van der Waals surface area (Å²) < 4.78 is 18.4. The van der Waals surface area contributed by atoms with Gasteiger partial charge in [0.15, 0.2) is 0 Å². The Morgan fingerprint density at radius 1 is 1.50 bits per heavy atom. The van der Waals surface area contributed by atoms with Crippen LogP contribution < -0.4 is 10.1 Å². The SMILES string of the molecule is COc1ccc(F)c(C2(O)CNC2)c1. The zero-order valence-corrected chi connectivity index (χ0v) is 7.88. The van der Waals surface area contributed by atoms with Gasteiger partial charge in [0, 0.05) is 18.7 Å². The van der Waals surface area contributed by atoms with Gasteiger partial charge in [0.05, 0.1) is 7.11 Å². The van der Waals surface area contributed by atoms with Gasteiger partial charge in [-0.3, -0.25) is 0 Å². The topological polar surface area (TPSA) is 41.5 Å². The van der Waals surface area contributed by atoms with E-state index in [-0.39, 0.29) is 0 Å². The lowest BCUT2D eigenvalue weighted by atomic mass is 9.88. The van der Waals surface area contributed by atoms with E-state index in [1.54, 1.807) is 0 Å². The van der Waals surface area contributed by atoms with Crippen LogP contribution in [0.3, 0.4) is 0 Å². The predicted octanol–water partition coefficient (Wildman–Crippen LogP) is 0.625. The van der Waals surface area contributed by atoms with Crippen LogP contribution in [0.15, 0.2) is 18.2 Å². The molecule has 1 fully saturated rings. The van der Waals surface area contributed by atoms with Crippen molar-refractivity contribution < 1.29 is 14.2 Å². The van der Waals surface area contributed by atoms with Crippen molar-refractivity contribution in [3.63, 3.8) is 0 Å². The molecule has 0 bridgehead atoms. The number of aliphatic hydroxyl groups is 1. The number of rotatable bonds is 2. The summed E-state index contributed by atoms with van der Waals surface area (Å²) in [6.45, 7) is 0.772. The van der Waals surface area contributed by atoms with E-state index in [4.69, 9.17) is 4.74 Å². The number of benzene rings is 1. The lowest BCUT2D eigenvalue weighted by Crippen LogP contribution is -2.57. The number of methoxy groups -OCH3 is 1. The van der Waals surface area contributed by atoms with Crippen LogP contribution in [0.1, 0.15) is 5.56 Å². The molecule has 1 saturated heterocycles. The van der Waals surface area contributed by atoms with E-state index in [2.05, 4.69) is 5.32 Å². The first-order chi connectivity index (χ1) is 6.65. The Balaban J connectivity index is 2.40. The summed E-state index contributed by atoms with van der Waals surface area (Å²) in [4.78, 5) is 0. The van der Waals surface area contributed by atoms with E-state index in [1.165, 1.54) is 25.3 Å². The quantitative estimate of drug-likeness (QED) is 0.730. The number of β-amino-alcohol motifs (C(OH)–C–C–N with tert-alkyl or cyclic N) is 1. The molecule has 14 heavy (non-hydrogen) atoms. The Kier molecular flexibility index (Phi) is 2.17. The first-order valence-corrected chi connectivity index (χ1v) is 4.43. The fourth-order valence-corrected chi connectivity index (χ4v) is 1.54. The summed E-state index contributed by atoms with van der Waals surface area (Å²) in [6.07, 6.45) is 0. The molecule has 2 N–H and O–H groups in total. The normalized spacial score (nSPS) is 18.8. The monoisotopic (exact) mass is 197 g/mol. The van der Waals surface area contributed by atoms with Crippen molar-refractivity contribution in [2.45, 2.75) is 5.60 Å². The van der Waals surface area contributed by atoms with Gasteiger partial charge in [-0.25, -0.2) is 4.39 Å². The number of hydrogen-bond donors (Lipinski definition) is 2. The highest BCUT2D eigenvalue weighted by molar-refractivity contribution is 5.35. The number of halogens is 1. The Morgan fingerprint density at radius 2 is 2.21 bits per heavy atom. The van der Waals surface area contributed by atoms with Crippen LogP contribution >= 0.6 is 0 Å². The van der Waals surface area contributed by atoms with Crippen LogP contribution in [-0.4, -0.2) is 25.3 Å². The Bertz CT molecular complexity index is 350. The third-order valence-corrected chi connectivity index (χ3v) is 2.51. The van der Waals surface area contributed by atoms with E-state index < -0.39 is 11.4 Å². The van der Waals surface area contributed by atoms with E-state index in [9.17, 15) is 9.50 Å². The lowest BCUT2D eigenvalue weighted by molar-refractivity contribution is -0.0178. The predicted molar refractivity (Wildman–Crippen MR) is 49.7 cm³/mol. The summed E-state index contributed by atoms with van der Waals surface area (Å²) in [5.74, 6) is 0.163. The van der Waals surface area contributed by atoms with Crippen molar-refractivity contribution in [2.24, 2.45) is 0 Å². The van der Waals surface area contributed by atoms with Crippen molar-refractivity contribution in [1.29, 1.82) is 0 Å². The maximum atomic E-state index is 13.4. The molecule has 0 unspecified atom stereocenters. The van der Waals surface area contributed by atoms with E-state index in [1.807, 2.05) is 0 Å². The van der Waals surface area contributed by atoms with Gasteiger partial charge >= 0.3 is 0 Å². The van der Waals surface area contributed by atoms with Crippen molar-refractivity contribution in [1.82, 2.24) is 5.32 Å². The Hall–Kier alpha value is -1.13. The van der Waals surface area contributed by atoms with Crippen LogP contribution in [0.4, 0.5) is 4.39 Å². The minimum atomic E-state index is -1.07. The molecular weight excluding hydrogens is 185 g/mol. The molecule has 0 aliphatic carbocycles. The van der Waals surface area contributed by atoms with Crippen LogP contribution in [0.5, 0.6) is 5.75 Å². The summed E-state index contributed by atoms with van der Waals surface area (Å²) in [5, 5.41) is 12.8. The van der Waals surface area contributed by atoms with E-state index in [0.717, 1.165) is 0 Å². The zero-order valence-electron chi connectivity index (χ0n) is 7.88. The molecule has 4 heteroatoms. The first kappa shape index (κ1) is 9.43. The smallest absolute Gasteiger partial charge is 0.129 e. The highest BCUT2D eigenvalue weighted by Crippen LogP contribution is 2.30. The van der Waals surface area contributed by atoms with E-state index in [0.29, 0.717) is 24.4 Å². The van der Waals surface area contributed by atoms with Gasteiger partial charge in [0.2, 0.25) is 0 Å². The summed E-state index contributed by atoms with van der Waals surface area (Å²) in [7, 11) is 1.51. The van der Waals surface area contributed by atoms with Gasteiger partial charge in [-0.2, -0.15) is 0 Å². The van der Waals surface area contributed by atoms with E-state index >= 15 is 0 Å². The van der Waals surface area contributed by atoms with Gasteiger partial charge < -0.3 is 15.2 Å². The standard InChI is InChI=1S/C10H12FNO2/c1-14-7-2-3-9(11)8(4-7)10(13)5-12-6-10/h2-4,12-13H,5-6H2,1H3. The van der Waals surface area contributed by atoms with Crippen molar-refractivity contribution in [3.8, 4) is 5.75 Å². The van der Waals surface area contributed by atoms with Crippen molar-refractivity contribution >= 4 is 0 Å². The summed E-state index contributed by atoms with van der Waals surface area (Å²) >= 11 is 0. The number of ether oxygens (including phenoxy) is 1. The largest absolute Gasteiger partial charge is 0.497 e. The molecule has 1 aliphatic rings. The third kappa shape index (κ3) is 1.36. The van der Waals surface area contributed by atoms with Crippen LogP contribution in [0, 0.1) is 5.82 Å². The molecule has 76 valence electrons. The molecule has 3 nitrogen and oxygen atoms in total. The van der Waals surface area contributed by atoms with Gasteiger partial charge in [0.1, 0.15) is 17.2 Å². The molecule has 2 rings (SSSR count). The van der Waals surface area contributed by atoms with Crippen LogP contribution in [0.2, 0.25) is 0 Å². The first-order valence-electron chi connectivity index (χ1n) is 4.43. The molecule has 1 aromatic rings. The Labute approximate surface area is 81.5 Å². The number of hydrogen-bond acceptors (Lipinski definition) is 3. The fraction of sp³-hybridized carbons (Fsp3) is 0.400. The summed E-state index contributed by atoms with van der Waals surface area (Å²) in [5.41, 5.74) is -0.769. The van der Waals surface area contributed by atoms with Crippen molar-refractivity contribution in [3.05, 3.63) is 29.6 Å². The van der Waals surface area contributed by atoms with Gasteiger partial charge in [-0.1, -0.05) is 0 Å². The van der Waals surface area contributed by atoms with Gasteiger partial charge in [-0.05, 0) is 18.2 Å². The second kappa shape index (κ2) is 3.22. The van der Waals surface area contributed by atoms with Gasteiger partial charge in [-0.15, -0.1) is 0 Å². The van der Waals surface area contributed by atoms with Crippen molar-refractivity contribution in [2.75, 3.05) is 20.2 Å². The third-order valence-electron chi connectivity index (χ3n) is 2.51. The molecule has 0 saturated carbocycles. The minimum absolute atomic E-state index is 0.301. The minimum Gasteiger partial charge on any atom is -0.497 e. The highest BCUT2D eigenvalue weighted by Gasteiger charge is 2.38. The molecule has 1 aromatic carbocycles. The molecule has 0 amide bonds. The fourth-order valence-electron chi connectivity index (χ4n) is 1.54. The molecule has 0 aromatic heterocycles. The molecule has 0 spiro atoms. The molecule has 0 atom stereocenters. The molecule has 1 aliphatic heterocycles. The highest BCUT2D eigenvalue weighted by atomic mass is 19.1. The molecule has 0 radical (unpaired) electrons. The Morgan fingerprint density at radius 3 is 2.71 bits per heavy atom. The summed E-state index contributed by atoms with van der Waals surface area (Å²) in [6, 6.07) is 4.38. The lowest BCUT2D eigenvalue weighted by Gasteiger charge is -2.38. The van der Waals surface area contributed by atoms with Crippen LogP contribution in [-0.2, 0) is 5.60 Å². The average Bonchev–Trinajstić information content (AvgIpc) is 2.15. The maximum Gasteiger partial charge on any atom is 0.129 e. The number of nitrogens with one attached hydrogen (secondary N) is 1. The van der Waals surface area contributed by atoms with Crippen LogP contribution in [0.25, 0.3) is 0 Å². The average molecular weight is 197 g/mol. The second-order valence-electron chi connectivity index (χ2n) is 3.48.